The molecule has 0 radical (unpaired) electrons. The van der Waals surface area contributed by atoms with Gasteiger partial charge in [-0.25, -0.2) is 16.8 Å². The fourth-order valence-electron chi connectivity index (χ4n) is 4.42. The van der Waals surface area contributed by atoms with Crippen molar-refractivity contribution in [2.45, 2.75) is 22.0 Å². The number of halogens is 6. The van der Waals surface area contributed by atoms with Crippen molar-refractivity contribution in [2.24, 2.45) is 7.05 Å². The van der Waals surface area contributed by atoms with E-state index in [0.717, 1.165) is 6.07 Å². The average molecular weight is 580 g/mol. The molecule has 6 nitrogen and oxygen atoms in total. The molecule has 1 heterocycles. The Labute approximate surface area is 213 Å². The molecule has 0 atom stereocenters. The van der Waals surface area contributed by atoms with Crippen LogP contribution < -0.4 is 4.74 Å². The van der Waals surface area contributed by atoms with Gasteiger partial charge >= 0.3 is 11.0 Å². The fourth-order valence-corrected chi connectivity index (χ4v) is 7.80. The summed E-state index contributed by atoms with van der Waals surface area (Å²) in [6.45, 7) is 0. The summed E-state index contributed by atoms with van der Waals surface area (Å²) in [5.41, 5.74) is -11.2. The van der Waals surface area contributed by atoms with Crippen LogP contribution in [0.1, 0.15) is 5.56 Å². The molecule has 0 fully saturated rings. The summed E-state index contributed by atoms with van der Waals surface area (Å²) >= 11 is 0. The number of nitrogens with zero attached hydrogens (tertiary/aromatic N) is 1. The molecular formula is C24H19F6NO5S2. The van der Waals surface area contributed by atoms with Gasteiger partial charge in [0.05, 0.1) is 7.11 Å². The molecule has 0 N–H and O–H groups in total. The van der Waals surface area contributed by atoms with Gasteiger partial charge in [0, 0.05) is 35.3 Å². The molecule has 14 heteroatoms. The molecule has 4 rings (SSSR count). The van der Waals surface area contributed by atoms with Crippen LogP contribution >= 0.6 is 0 Å². The van der Waals surface area contributed by atoms with Gasteiger partial charge in [0.1, 0.15) is 5.75 Å². The van der Waals surface area contributed by atoms with Crippen molar-refractivity contribution < 1.29 is 47.9 Å². The second-order valence-electron chi connectivity index (χ2n) is 8.41. The van der Waals surface area contributed by atoms with E-state index in [1.807, 2.05) is 0 Å². The van der Waals surface area contributed by atoms with E-state index in [9.17, 15) is 43.2 Å². The molecule has 1 aromatic heterocycles. The number of hydrogen-bond donors (Lipinski definition) is 0. The maximum absolute atomic E-state index is 13.4. The highest BCUT2D eigenvalue weighted by molar-refractivity contribution is 8.09. The molecule has 0 spiro atoms. The number of aryl methyl sites for hydroxylation is 1. The van der Waals surface area contributed by atoms with Crippen LogP contribution in [0.3, 0.4) is 0 Å². The number of sulfone groups is 2. The number of rotatable bonds is 6. The summed E-state index contributed by atoms with van der Waals surface area (Å²) in [5.74, 6) is 0.401. The largest absolute Gasteiger partial charge is 0.498 e. The first-order valence-corrected chi connectivity index (χ1v) is 13.9. The third-order valence-electron chi connectivity index (χ3n) is 6.27. The topological polar surface area (TPSA) is 82.4 Å². The zero-order chi connectivity index (χ0) is 28.3. The second kappa shape index (κ2) is 9.19. The maximum Gasteiger partial charge on any atom is 0.498 e. The fraction of sp³-hybridized carbons (Fsp3) is 0.250. The minimum absolute atomic E-state index is 0.0988. The van der Waals surface area contributed by atoms with Crippen LogP contribution in [0.5, 0.6) is 5.75 Å². The van der Waals surface area contributed by atoms with Gasteiger partial charge in [-0.2, -0.15) is 26.3 Å². The summed E-state index contributed by atoms with van der Waals surface area (Å²) in [4.78, 5) is 0. The van der Waals surface area contributed by atoms with Crippen molar-refractivity contribution in [3.63, 3.8) is 0 Å². The Kier molecular flexibility index (Phi) is 6.71. The number of benzene rings is 3. The quantitative estimate of drug-likeness (QED) is 0.272. The van der Waals surface area contributed by atoms with Crippen molar-refractivity contribution >= 4 is 41.5 Å². The minimum Gasteiger partial charge on any atom is -0.497 e. The highest BCUT2D eigenvalue weighted by Gasteiger charge is 2.62. The Bertz CT molecular complexity index is 1700. The van der Waals surface area contributed by atoms with Crippen molar-refractivity contribution in [1.82, 2.24) is 4.57 Å². The van der Waals surface area contributed by atoms with Gasteiger partial charge in [0.15, 0.2) is 4.58 Å². The van der Waals surface area contributed by atoms with E-state index in [2.05, 4.69) is 0 Å². The van der Waals surface area contributed by atoms with E-state index in [-0.39, 0.29) is 11.1 Å². The normalized spacial score (nSPS) is 13.5. The zero-order valence-electron chi connectivity index (χ0n) is 19.6. The molecule has 0 saturated carbocycles. The summed E-state index contributed by atoms with van der Waals surface area (Å²) in [6.07, 6.45) is -1.59. The van der Waals surface area contributed by atoms with Gasteiger partial charge < -0.3 is 9.30 Å². The van der Waals surface area contributed by atoms with E-state index >= 15 is 0 Å². The Morgan fingerprint density at radius 3 is 1.87 bits per heavy atom. The van der Waals surface area contributed by atoms with Crippen LogP contribution in [0, 0.1) is 0 Å². The number of alkyl halides is 6. The number of fused-ring (bicyclic) bond motifs is 3. The van der Waals surface area contributed by atoms with Gasteiger partial charge in [0.2, 0.25) is 0 Å². The number of hydrogen-bond acceptors (Lipinski definition) is 5. The molecular weight excluding hydrogens is 560 g/mol. The molecule has 3 aromatic carbocycles. The number of methoxy groups -OCH3 is 1. The molecule has 0 saturated heterocycles. The lowest BCUT2D eigenvalue weighted by Gasteiger charge is -2.22. The molecule has 0 bridgehead atoms. The van der Waals surface area contributed by atoms with Crippen LogP contribution in [-0.4, -0.2) is 44.1 Å². The predicted molar refractivity (Wildman–Crippen MR) is 130 cm³/mol. The third kappa shape index (κ3) is 4.38. The first-order chi connectivity index (χ1) is 17.5. The lowest BCUT2D eigenvalue weighted by atomic mass is 9.93. The van der Waals surface area contributed by atoms with Gasteiger partial charge in [-0.1, -0.05) is 36.4 Å². The van der Waals surface area contributed by atoms with Gasteiger partial charge in [-0.05, 0) is 41.0 Å². The molecule has 204 valence electrons. The Hall–Kier alpha value is -3.26. The molecule has 4 aromatic rings. The van der Waals surface area contributed by atoms with Crippen molar-refractivity contribution in [3.05, 3.63) is 66.2 Å². The smallest absolute Gasteiger partial charge is 0.497 e. The summed E-state index contributed by atoms with van der Waals surface area (Å²) in [7, 11) is -10.5. The van der Waals surface area contributed by atoms with Crippen LogP contribution in [0.4, 0.5) is 26.3 Å². The van der Waals surface area contributed by atoms with E-state index in [1.165, 1.54) is 37.4 Å². The molecule has 0 aliphatic heterocycles. The molecule has 0 unspecified atom stereocenters. The second-order valence-corrected chi connectivity index (χ2v) is 13.0. The lowest BCUT2D eigenvalue weighted by molar-refractivity contribution is -0.0471. The zero-order valence-corrected chi connectivity index (χ0v) is 21.3. The summed E-state index contributed by atoms with van der Waals surface area (Å²) < 4.78 is 133. The Morgan fingerprint density at radius 2 is 1.34 bits per heavy atom. The van der Waals surface area contributed by atoms with Crippen molar-refractivity contribution in [1.29, 1.82) is 0 Å². The highest BCUT2D eigenvalue weighted by Crippen LogP contribution is 2.43. The minimum atomic E-state index is -6.81. The van der Waals surface area contributed by atoms with Gasteiger partial charge in [0.25, 0.3) is 19.7 Å². The van der Waals surface area contributed by atoms with Gasteiger partial charge in [-0.3, -0.25) is 0 Å². The molecule has 0 amide bonds. The highest BCUT2D eigenvalue weighted by atomic mass is 32.3. The SMILES string of the molecule is COc1ccc(-c2c(CC(S(=O)(=O)C(F)(F)F)S(=O)(=O)C(F)(F)F)ccc3c2c2ccccc2n3C)cc1. The third-order valence-corrected chi connectivity index (χ3v) is 10.8. The number of para-hydroxylation sites is 1. The number of ether oxygens (including phenoxy) is 1. The molecule has 38 heavy (non-hydrogen) atoms. The van der Waals surface area contributed by atoms with Crippen molar-refractivity contribution in [2.75, 3.05) is 7.11 Å². The van der Waals surface area contributed by atoms with Crippen LogP contribution in [0.2, 0.25) is 0 Å². The summed E-state index contributed by atoms with van der Waals surface area (Å²) in [5, 5.41) is 0.977. The molecule has 0 aliphatic rings. The van der Waals surface area contributed by atoms with Crippen molar-refractivity contribution in [3.8, 4) is 16.9 Å². The van der Waals surface area contributed by atoms with Crippen LogP contribution in [0.15, 0.2) is 60.7 Å². The standard InChI is InChI=1S/C24H19F6NO5S2/c1-31-18-6-4-3-5-17(18)22-19(31)12-9-15(21(22)14-7-10-16(36-2)11-8-14)13-20(37(32,33)23(25,26)27)38(34,35)24(28,29)30/h3-12,20H,13H2,1-2H3. The van der Waals surface area contributed by atoms with E-state index in [0.29, 0.717) is 33.1 Å². The van der Waals surface area contributed by atoms with E-state index < -0.39 is 41.7 Å². The average Bonchev–Trinajstić information content (AvgIpc) is 3.13. The predicted octanol–water partition coefficient (Wildman–Crippen LogP) is 5.74. The maximum atomic E-state index is 13.4. The molecule has 0 aliphatic carbocycles. The Balaban J connectivity index is 2.09. The summed E-state index contributed by atoms with van der Waals surface area (Å²) in [6, 6.07) is 15.4. The Morgan fingerprint density at radius 1 is 0.789 bits per heavy atom. The van der Waals surface area contributed by atoms with E-state index in [4.69, 9.17) is 4.74 Å². The number of aromatic nitrogens is 1. The van der Waals surface area contributed by atoms with Gasteiger partial charge in [-0.15, -0.1) is 0 Å². The monoisotopic (exact) mass is 579 g/mol. The first-order valence-electron chi connectivity index (χ1n) is 10.8. The van der Waals surface area contributed by atoms with E-state index in [1.54, 1.807) is 35.9 Å². The lowest BCUT2D eigenvalue weighted by Crippen LogP contribution is -2.46. The van der Waals surface area contributed by atoms with Crippen LogP contribution in [-0.2, 0) is 33.1 Å². The first kappa shape index (κ1) is 27.8. The van der Waals surface area contributed by atoms with Crippen LogP contribution in [0.25, 0.3) is 32.9 Å².